The van der Waals surface area contributed by atoms with Gasteiger partial charge in [0.2, 0.25) is 0 Å². The van der Waals surface area contributed by atoms with Crippen molar-refractivity contribution >= 4 is 34.4 Å². The lowest BCUT2D eigenvalue weighted by molar-refractivity contribution is -0.384. The minimum absolute atomic E-state index is 0.0105. The minimum Gasteiger partial charge on any atom is -0.453 e. The zero-order valence-corrected chi connectivity index (χ0v) is 9.68. The molecule has 0 amide bonds. The fraction of sp³-hybridized carbons (Fsp3) is 0.143. The first-order chi connectivity index (χ1) is 6.38. The zero-order chi connectivity index (χ0) is 10.8. The van der Waals surface area contributed by atoms with Crippen LogP contribution in [-0.2, 0) is 11.8 Å². The summed E-state index contributed by atoms with van der Waals surface area (Å²) in [6, 6.07) is 5.64. The standard InChI is InChI=1S/C7H7ClNO3PS/c1-13(8,14)12-7-4-2-6(3-5-7)9(10)11/h2-5H,1H3. The number of benzene rings is 1. The van der Waals surface area contributed by atoms with E-state index in [9.17, 15) is 10.1 Å². The highest BCUT2D eigenvalue weighted by molar-refractivity contribution is 8.24. The van der Waals surface area contributed by atoms with E-state index in [4.69, 9.17) is 27.6 Å². The summed E-state index contributed by atoms with van der Waals surface area (Å²) in [7, 11) is 0. The number of rotatable bonds is 3. The van der Waals surface area contributed by atoms with Gasteiger partial charge in [-0.3, -0.25) is 10.1 Å². The molecule has 0 aliphatic heterocycles. The molecule has 0 aliphatic rings. The van der Waals surface area contributed by atoms with Crippen LogP contribution in [0.15, 0.2) is 24.3 Å². The SMILES string of the molecule is CP(=S)(Cl)Oc1ccc([N+](=O)[O-])cc1. The van der Waals surface area contributed by atoms with Gasteiger partial charge in [0.25, 0.3) is 5.69 Å². The summed E-state index contributed by atoms with van der Waals surface area (Å²) >= 11 is 10.6. The van der Waals surface area contributed by atoms with Gasteiger partial charge in [-0.2, -0.15) is 0 Å². The number of non-ortho nitro benzene ring substituents is 1. The number of nitro groups is 1. The molecule has 1 aromatic rings. The van der Waals surface area contributed by atoms with Crippen molar-refractivity contribution in [2.24, 2.45) is 0 Å². The van der Waals surface area contributed by atoms with Gasteiger partial charge in [-0.15, -0.1) is 0 Å². The van der Waals surface area contributed by atoms with Gasteiger partial charge >= 0.3 is 0 Å². The Kier molecular flexibility index (Phi) is 3.48. The van der Waals surface area contributed by atoms with Crippen molar-refractivity contribution in [3.8, 4) is 5.75 Å². The molecule has 0 bridgehead atoms. The second kappa shape index (κ2) is 4.26. The first kappa shape index (κ1) is 11.4. The smallest absolute Gasteiger partial charge is 0.269 e. The summed E-state index contributed by atoms with van der Waals surface area (Å²) in [5, 5.41) is 10.3. The molecule has 1 unspecified atom stereocenters. The molecular formula is C7H7ClNO3PS. The molecule has 0 saturated carbocycles. The van der Waals surface area contributed by atoms with Gasteiger partial charge in [0.15, 0.2) is 5.62 Å². The lowest BCUT2D eigenvalue weighted by atomic mass is 10.3. The molecule has 0 aromatic heterocycles. The van der Waals surface area contributed by atoms with Crippen molar-refractivity contribution in [3.63, 3.8) is 0 Å². The summed E-state index contributed by atoms with van der Waals surface area (Å²) in [6.45, 7) is 1.62. The van der Waals surface area contributed by atoms with E-state index in [2.05, 4.69) is 0 Å². The van der Waals surface area contributed by atoms with Gasteiger partial charge in [-0.25, -0.2) is 0 Å². The highest BCUT2D eigenvalue weighted by Gasteiger charge is 2.09. The van der Waals surface area contributed by atoms with Crippen LogP contribution in [0.3, 0.4) is 0 Å². The van der Waals surface area contributed by atoms with Crippen LogP contribution in [0, 0.1) is 10.1 Å². The molecule has 1 rings (SSSR count). The highest BCUT2D eigenvalue weighted by Crippen LogP contribution is 2.48. The van der Waals surface area contributed by atoms with Crippen LogP contribution in [0.4, 0.5) is 5.69 Å². The average Bonchev–Trinajstić information content (AvgIpc) is 2.02. The zero-order valence-electron chi connectivity index (χ0n) is 7.21. The van der Waals surface area contributed by atoms with E-state index in [1.165, 1.54) is 24.3 Å². The lowest BCUT2D eigenvalue weighted by Crippen LogP contribution is -1.88. The Bertz CT molecular complexity index is 388. The molecule has 14 heavy (non-hydrogen) atoms. The molecule has 0 aliphatic carbocycles. The summed E-state index contributed by atoms with van der Waals surface area (Å²) in [6.07, 6.45) is 0. The van der Waals surface area contributed by atoms with Gasteiger partial charge in [0.1, 0.15) is 5.75 Å². The van der Waals surface area contributed by atoms with E-state index in [1.807, 2.05) is 0 Å². The van der Waals surface area contributed by atoms with Crippen LogP contribution < -0.4 is 4.52 Å². The molecule has 1 atom stereocenters. The highest BCUT2D eigenvalue weighted by atomic mass is 35.7. The molecule has 4 nitrogen and oxygen atoms in total. The maximum Gasteiger partial charge on any atom is 0.269 e. The summed E-state index contributed by atoms with van der Waals surface area (Å²) in [5.74, 6) is 0.455. The lowest BCUT2D eigenvalue weighted by Gasteiger charge is -2.10. The van der Waals surface area contributed by atoms with E-state index in [1.54, 1.807) is 6.66 Å². The number of nitrogens with zero attached hydrogens (tertiary/aromatic N) is 1. The first-order valence-corrected chi connectivity index (χ1v) is 7.67. The number of nitro benzene ring substituents is 1. The van der Waals surface area contributed by atoms with Gasteiger partial charge in [0.05, 0.1) is 4.92 Å². The van der Waals surface area contributed by atoms with Crippen LogP contribution in [0.25, 0.3) is 0 Å². The van der Waals surface area contributed by atoms with Crippen molar-refractivity contribution in [3.05, 3.63) is 34.4 Å². The third kappa shape index (κ3) is 3.62. The van der Waals surface area contributed by atoms with Crippen LogP contribution >= 0.6 is 16.9 Å². The molecule has 0 N–H and O–H groups in total. The van der Waals surface area contributed by atoms with Crippen molar-refractivity contribution < 1.29 is 9.45 Å². The predicted octanol–water partition coefficient (Wildman–Crippen LogP) is 3.15. The molecule has 7 heteroatoms. The molecule has 0 saturated heterocycles. The Morgan fingerprint density at radius 1 is 1.50 bits per heavy atom. The number of hydrogen-bond acceptors (Lipinski definition) is 4. The van der Waals surface area contributed by atoms with Crippen molar-refractivity contribution in [2.75, 3.05) is 6.66 Å². The Balaban J connectivity index is 2.84. The topological polar surface area (TPSA) is 52.4 Å². The molecule has 0 radical (unpaired) electrons. The Morgan fingerprint density at radius 3 is 2.36 bits per heavy atom. The molecular weight excluding hydrogens is 245 g/mol. The van der Waals surface area contributed by atoms with Crippen LogP contribution in [0.5, 0.6) is 5.75 Å². The van der Waals surface area contributed by atoms with Crippen LogP contribution in [0.2, 0.25) is 0 Å². The van der Waals surface area contributed by atoms with Gasteiger partial charge in [-0.05, 0) is 35.2 Å². The molecule has 1 aromatic carbocycles. The Hall–Kier alpha value is -0.640. The maximum atomic E-state index is 10.3. The van der Waals surface area contributed by atoms with Crippen LogP contribution in [0.1, 0.15) is 0 Å². The summed E-state index contributed by atoms with van der Waals surface area (Å²) < 4.78 is 5.21. The van der Waals surface area contributed by atoms with Crippen molar-refractivity contribution in [1.82, 2.24) is 0 Å². The minimum atomic E-state index is -2.29. The molecule has 0 fully saturated rings. The van der Waals surface area contributed by atoms with E-state index in [0.717, 1.165) is 0 Å². The Morgan fingerprint density at radius 2 is 2.00 bits per heavy atom. The summed E-state index contributed by atoms with van der Waals surface area (Å²) in [4.78, 5) is 9.84. The van der Waals surface area contributed by atoms with E-state index >= 15 is 0 Å². The number of halogens is 1. The van der Waals surface area contributed by atoms with E-state index < -0.39 is 10.5 Å². The Labute approximate surface area is 90.9 Å². The molecule has 0 spiro atoms. The second-order valence-electron chi connectivity index (χ2n) is 2.59. The predicted molar refractivity (Wildman–Crippen MR) is 59.8 cm³/mol. The largest absolute Gasteiger partial charge is 0.453 e. The monoisotopic (exact) mass is 251 g/mol. The fourth-order valence-electron chi connectivity index (χ4n) is 0.817. The van der Waals surface area contributed by atoms with Gasteiger partial charge < -0.3 is 4.52 Å². The molecule has 76 valence electrons. The third-order valence-electron chi connectivity index (χ3n) is 1.32. The third-order valence-corrected chi connectivity index (χ3v) is 2.28. The van der Waals surface area contributed by atoms with Crippen molar-refractivity contribution in [1.29, 1.82) is 0 Å². The maximum absolute atomic E-state index is 10.3. The summed E-state index contributed by atoms with van der Waals surface area (Å²) in [5.41, 5.74) is -2.28. The second-order valence-corrected chi connectivity index (χ2v) is 8.89. The van der Waals surface area contributed by atoms with Crippen molar-refractivity contribution in [2.45, 2.75) is 0 Å². The van der Waals surface area contributed by atoms with Crippen LogP contribution in [-0.4, -0.2) is 11.6 Å². The normalized spacial score (nSPS) is 14.4. The van der Waals surface area contributed by atoms with E-state index in [-0.39, 0.29) is 5.69 Å². The number of hydrogen-bond donors (Lipinski definition) is 0. The fourth-order valence-corrected chi connectivity index (χ4v) is 1.81. The van der Waals surface area contributed by atoms with E-state index in [0.29, 0.717) is 5.75 Å². The molecule has 0 heterocycles. The average molecular weight is 252 g/mol. The van der Waals surface area contributed by atoms with Gasteiger partial charge in [0, 0.05) is 18.8 Å². The van der Waals surface area contributed by atoms with Gasteiger partial charge in [-0.1, -0.05) is 0 Å². The quantitative estimate of drug-likeness (QED) is 0.470. The first-order valence-electron chi connectivity index (χ1n) is 3.60.